The van der Waals surface area contributed by atoms with E-state index in [0.717, 1.165) is 0 Å². The van der Waals surface area contributed by atoms with E-state index in [1.807, 2.05) is 13.8 Å². The Balaban J connectivity index is 2.62. The SMILES string of the molecule is CC(C)N(CCC(=O)O)C(=O)Nc1cccnc1. The van der Waals surface area contributed by atoms with Crippen molar-refractivity contribution in [1.82, 2.24) is 9.88 Å². The van der Waals surface area contributed by atoms with Gasteiger partial charge in [0.25, 0.3) is 0 Å². The number of aliphatic carboxylic acids is 1. The summed E-state index contributed by atoms with van der Waals surface area (Å²) in [6.45, 7) is 3.86. The summed E-state index contributed by atoms with van der Waals surface area (Å²) in [5, 5.41) is 11.3. The van der Waals surface area contributed by atoms with Crippen LogP contribution in [0.1, 0.15) is 20.3 Å². The molecule has 6 nitrogen and oxygen atoms in total. The Bertz CT molecular complexity index is 406. The summed E-state index contributed by atoms with van der Waals surface area (Å²) in [5.74, 6) is -0.921. The number of urea groups is 1. The van der Waals surface area contributed by atoms with Crippen molar-refractivity contribution in [2.24, 2.45) is 0 Å². The lowest BCUT2D eigenvalue weighted by Crippen LogP contribution is -2.41. The molecule has 0 aliphatic heterocycles. The number of carboxylic acid groups (broad SMARTS) is 1. The van der Waals surface area contributed by atoms with Gasteiger partial charge in [0.1, 0.15) is 0 Å². The molecule has 0 bridgehead atoms. The minimum atomic E-state index is -0.921. The van der Waals surface area contributed by atoms with E-state index in [-0.39, 0.29) is 25.0 Å². The average Bonchev–Trinajstić information content (AvgIpc) is 2.29. The molecule has 1 aromatic rings. The van der Waals surface area contributed by atoms with Crippen LogP contribution in [0.15, 0.2) is 24.5 Å². The first-order valence-electron chi connectivity index (χ1n) is 5.70. The number of aromatic nitrogens is 1. The van der Waals surface area contributed by atoms with Crippen LogP contribution in [0.5, 0.6) is 0 Å². The summed E-state index contributed by atoms with van der Waals surface area (Å²) in [5.41, 5.74) is 0.587. The smallest absolute Gasteiger partial charge is 0.322 e. The van der Waals surface area contributed by atoms with Crippen LogP contribution in [0.3, 0.4) is 0 Å². The molecule has 0 saturated heterocycles. The second-order valence-electron chi connectivity index (χ2n) is 4.10. The first kappa shape index (κ1) is 14.0. The number of anilines is 1. The van der Waals surface area contributed by atoms with Crippen LogP contribution in [-0.2, 0) is 4.79 Å². The third-order valence-electron chi connectivity index (χ3n) is 2.36. The number of pyridine rings is 1. The Morgan fingerprint density at radius 3 is 2.72 bits per heavy atom. The van der Waals surface area contributed by atoms with Crippen molar-refractivity contribution in [3.05, 3.63) is 24.5 Å². The van der Waals surface area contributed by atoms with Crippen LogP contribution in [0.4, 0.5) is 10.5 Å². The van der Waals surface area contributed by atoms with E-state index < -0.39 is 5.97 Å². The van der Waals surface area contributed by atoms with Crippen LogP contribution in [0.25, 0.3) is 0 Å². The Kier molecular flexibility index (Phi) is 5.10. The minimum Gasteiger partial charge on any atom is -0.481 e. The zero-order valence-corrected chi connectivity index (χ0v) is 10.5. The second-order valence-corrected chi connectivity index (χ2v) is 4.10. The number of carboxylic acids is 1. The first-order chi connectivity index (χ1) is 8.50. The fourth-order valence-electron chi connectivity index (χ4n) is 1.44. The summed E-state index contributed by atoms with van der Waals surface area (Å²) in [7, 11) is 0. The molecule has 0 spiro atoms. The molecule has 0 aromatic carbocycles. The Hall–Kier alpha value is -2.11. The molecule has 0 radical (unpaired) electrons. The van der Waals surface area contributed by atoms with Gasteiger partial charge in [-0.05, 0) is 26.0 Å². The maximum absolute atomic E-state index is 12.0. The molecule has 0 unspecified atom stereocenters. The lowest BCUT2D eigenvalue weighted by Gasteiger charge is -2.26. The van der Waals surface area contributed by atoms with E-state index in [1.165, 1.54) is 11.1 Å². The van der Waals surface area contributed by atoms with E-state index >= 15 is 0 Å². The Morgan fingerprint density at radius 2 is 2.22 bits per heavy atom. The second kappa shape index (κ2) is 6.58. The molecule has 0 atom stereocenters. The molecule has 1 heterocycles. The van der Waals surface area contributed by atoms with Crippen molar-refractivity contribution >= 4 is 17.7 Å². The van der Waals surface area contributed by atoms with Crippen LogP contribution >= 0.6 is 0 Å². The molecule has 0 aliphatic rings. The predicted molar refractivity (Wildman–Crippen MR) is 67.4 cm³/mol. The number of amides is 2. The third-order valence-corrected chi connectivity index (χ3v) is 2.36. The summed E-state index contributed by atoms with van der Waals surface area (Å²) in [6.07, 6.45) is 3.08. The number of rotatable bonds is 5. The number of nitrogens with one attached hydrogen (secondary N) is 1. The van der Waals surface area contributed by atoms with Gasteiger partial charge in [-0.1, -0.05) is 0 Å². The topological polar surface area (TPSA) is 82.5 Å². The van der Waals surface area contributed by atoms with Crippen molar-refractivity contribution in [3.63, 3.8) is 0 Å². The lowest BCUT2D eigenvalue weighted by molar-refractivity contribution is -0.137. The van der Waals surface area contributed by atoms with Gasteiger partial charge in [-0.2, -0.15) is 0 Å². The largest absolute Gasteiger partial charge is 0.481 e. The van der Waals surface area contributed by atoms with Crippen molar-refractivity contribution in [3.8, 4) is 0 Å². The highest BCUT2D eigenvalue weighted by atomic mass is 16.4. The average molecular weight is 251 g/mol. The summed E-state index contributed by atoms with van der Waals surface area (Å²) < 4.78 is 0. The van der Waals surface area contributed by atoms with E-state index in [0.29, 0.717) is 5.69 Å². The van der Waals surface area contributed by atoms with E-state index in [1.54, 1.807) is 18.3 Å². The van der Waals surface area contributed by atoms with Crippen molar-refractivity contribution in [1.29, 1.82) is 0 Å². The van der Waals surface area contributed by atoms with Crippen LogP contribution in [-0.4, -0.2) is 39.6 Å². The molecule has 0 fully saturated rings. The van der Waals surface area contributed by atoms with Gasteiger partial charge in [-0.15, -0.1) is 0 Å². The molecule has 0 aliphatic carbocycles. The number of hydrogen-bond donors (Lipinski definition) is 2. The molecule has 18 heavy (non-hydrogen) atoms. The zero-order valence-electron chi connectivity index (χ0n) is 10.5. The molecule has 6 heteroatoms. The Morgan fingerprint density at radius 1 is 1.50 bits per heavy atom. The quantitative estimate of drug-likeness (QED) is 0.835. The molecule has 1 rings (SSSR count). The first-order valence-corrected chi connectivity index (χ1v) is 5.70. The van der Waals surface area contributed by atoms with E-state index in [9.17, 15) is 9.59 Å². The molecule has 2 N–H and O–H groups in total. The number of nitrogens with zero attached hydrogens (tertiary/aromatic N) is 2. The number of carbonyl (C=O) groups excluding carboxylic acids is 1. The standard InChI is InChI=1S/C12H17N3O3/c1-9(2)15(7-5-11(16)17)12(18)14-10-4-3-6-13-8-10/h3-4,6,8-9H,5,7H2,1-2H3,(H,14,18)(H,16,17). The van der Waals surface area contributed by atoms with Crippen molar-refractivity contribution < 1.29 is 14.7 Å². The van der Waals surface area contributed by atoms with Gasteiger partial charge >= 0.3 is 12.0 Å². The van der Waals surface area contributed by atoms with Gasteiger partial charge in [0.15, 0.2) is 0 Å². The van der Waals surface area contributed by atoms with E-state index in [2.05, 4.69) is 10.3 Å². The van der Waals surface area contributed by atoms with E-state index in [4.69, 9.17) is 5.11 Å². The molecular formula is C12H17N3O3. The lowest BCUT2D eigenvalue weighted by atomic mass is 10.3. The van der Waals surface area contributed by atoms with Crippen molar-refractivity contribution in [2.75, 3.05) is 11.9 Å². The van der Waals surface area contributed by atoms with Crippen molar-refractivity contribution in [2.45, 2.75) is 26.3 Å². The maximum atomic E-state index is 12.0. The molecule has 1 aromatic heterocycles. The van der Waals surface area contributed by atoms with Crippen LogP contribution < -0.4 is 5.32 Å². The molecule has 2 amide bonds. The Labute approximate surface area is 106 Å². The molecule has 0 saturated carbocycles. The highest BCUT2D eigenvalue weighted by Crippen LogP contribution is 2.07. The fourth-order valence-corrected chi connectivity index (χ4v) is 1.44. The van der Waals surface area contributed by atoms with Gasteiger partial charge in [0.05, 0.1) is 18.3 Å². The van der Waals surface area contributed by atoms with Crippen LogP contribution in [0.2, 0.25) is 0 Å². The predicted octanol–water partition coefficient (Wildman–Crippen LogP) is 1.80. The van der Waals surface area contributed by atoms with Gasteiger partial charge < -0.3 is 15.3 Å². The maximum Gasteiger partial charge on any atom is 0.322 e. The summed E-state index contributed by atoms with van der Waals surface area (Å²) in [6, 6.07) is 3.05. The molecular weight excluding hydrogens is 234 g/mol. The van der Waals surface area contributed by atoms with Gasteiger partial charge in [0, 0.05) is 18.8 Å². The highest BCUT2D eigenvalue weighted by molar-refractivity contribution is 5.89. The third kappa shape index (κ3) is 4.40. The monoisotopic (exact) mass is 251 g/mol. The number of carbonyl (C=O) groups is 2. The highest BCUT2D eigenvalue weighted by Gasteiger charge is 2.17. The zero-order chi connectivity index (χ0) is 13.5. The summed E-state index contributed by atoms with van der Waals surface area (Å²) in [4.78, 5) is 27.9. The van der Waals surface area contributed by atoms with Gasteiger partial charge in [-0.3, -0.25) is 9.78 Å². The number of hydrogen-bond acceptors (Lipinski definition) is 3. The molecule has 98 valence electrons. The normalized spacial score (nSPS) is 10.2. The fraction of sp³-hybridized carbons (Fsp3) is 0.417. The summed E-state index contributed by atoms with van der Waals surface area (Å²) >= 11 is 0. The van der Waals surface area contributed by atoms with Gasteiger partial charge in [-0.25, -0.2) is 4.79 Å². The van der Waals surface area contributed by atoms with Gasteiger partial charge in [0.2, 0.25) is 0 Å². The van der Waals surface area contributed by atoms with Crippen LogP contribution in [0, 0.1) is 0 Å². The minimum absolute atomic E-state index is 0.0685.